The van der Waals surface area contributed by atoms with Crippen molar-refractivity contribution in [3.63, 3.8) is 0 Å². The van der Waals surface area contributed by atoms with Gasteiger partial charge in [-0.2, -0.15) is 0 Å². The number of carbonyl (C=O) groups excluding carboxylic acids is 2. The van der Waals surface area contributed by atoms with E-state index in [0.29, 0.717) is 6.42 Å². The van der Waals surface area contributed by atoms with Crippen molar-refractivity contribution in [2.24, 2.45) is 34.5 Å². The van der Waals surface area contributed by atoms with Gasteiger partial charge in [0.2, 0.25) is 0 Å². The molecule has 254 valence electrons. The van der Waals surface area contributed by atoms with Crippen LogP contribution in [-0.2, 0) is 46.9 Å². The van der Waals surface area contributed by atoms with Gasteiger partial charge in [-0.3, -0.25) is 4.79 Å². The number of ether oxygens (including phenoxy) is 6. The molecular weight excluding hydrogens is 668 g/mol. The summed E-state index contributed by atoms with van der Waals surface area (Å²) in [6.45, 7) is 21.1. The van der Waals surface area contributed by atoms with Gasteiger partial charge in [0.05, 0.1) is 17.0 Å². The largest absolute Gasteiger partial charge is 0.460 e. The second kappa shape index (κ2) is 12.7. The smallest absolute Gasteiger partial charge is 0.337 e. The van der Waals surface area contributed by atoms with E-state index >= 15 is 0 Å². The maximum Gasteiger partial charge on any atom is 0.337 e. The first-order chi connectivity index (χ1) is 20.3. The molecule has 1 heterocycles. The number of ketones is 1. The van der Waals surface area contributed by atoms with E-state index in [2.05, 4.69) is 82.9 Å². The minimum Gasteiger partial charge on any atom is -0.460 e. The highest BCUT2D eigenvalue weighted by Gasteiger charge is 2.82. The third-order valence-corrected chi connectivity index (χ3v) is 14.1. The summed E-state index contributed by atoms with van der Waals surface area (Å²) in [6.07, 6.45) is -2.90. The molecule has 0 radical (unpaired) electrons. The van der Waals surface area contributed by atoms with E-state index in [1.165, 1.54) is 0 Å². The van der Waals surface area contributed by atoms with Crippen molar-refractivity contribution >= 4 is 44.3 Å². The van der Waals surface area contributed by atoms with Crippen molar-refractivity contribution in [2.75, 3.05) is 34.9 Å². The molecule has 4 fully saturated rings. The summed E-state index contributed by atoms with van der Waals surface area (Å²) in [4.78, 5) is 28.0. The Hall–Kier alpha value is -0.226. The molecule has 0 aromatic rings. The maximum absolute atomic E-state index is 14.3. The molecule has 0 amide bonds. The lowest BCUT2D eigenvalue weighted by atomic mass is 9.35. The molecule has 13 atom stereocenters. The standard InChI is InChI=1S/C31H55BrO10Si2/c1-17-19-14-20-30(4)25(29(19,3)26(37-7)22(33)21(17)32)24(39-16-36-6)23(38-15-35-5)18(2)31(30,42-44(11,12)13)27(28(34)40-20)41-43(8,9)10/h17-21,23-27H,14-16H2,1-13H3/t17-,18-,19-,20+,21-,23+,24-,25+,26+,27-,29-,30+,31-/m0/s1. The number of alkyl halides is 1. The summed E-state index contributed by atoms with van der Waals surface area (Å²) in [5, 5.41) is 0. The van der Waals surface area contributed by atoms with E-state index in [-0.39, 0.29) is 31.2 Å². The fraction of sp³-hybridized carbons (Fsp3) is 0.935. The number of halogens is 1. The topological polar surface area (TPSA) is 108 Å². The average molecular weight is 724 g/mol. The van der Waals surface area contributed by atoms with Gasteiger partial charge in [-0.25, -0.2) is 4.79 Å². The predicted molar refractivity (Wildman–Crippen MR) is 173 cm³/mol. The van der Waals surface area contributed by atoms with Crippen molar-refractivity contribution in [3.8, 4) is 0 Å². The summed E-state index contributed by atoms with van der Waals surface area (Å²) in [7, 11) is 0.0197. The van der Waals surface area contributed by atoms with Crippen molar-refractivity contribution in [3.05, 3.63) is 0 Å². The highest BCUT2D eigenvalue weighted by Crippen LogP contribution is 2.72. The van der Waals surface area contributed by atoms with Crippen LogP contribution in [0.5, 0.6) is 0 Å². The van der Waals surface area contributed by atoms with Gasteiger partial charge >= 0.3 is 5.97 Å². The number of carbonyl (C=O) groups is 2. The number of hydrogen-bond acceptors (Lipinski definition) is 10. The van der Waals surface area contributed by atoms with Gasteiger partial charge in [-0.1, -0.05) is 43.6 Å². The number of hydrogen-bond donors (Lipinski definition) is 0. The van der Waals surface area contributed by atoms with E-state index in [1.54, 1.807) is 21.3 Å². The zero-order chi connectivity index (χ0) is 33.2. The Morgan fingerprint density at radius 1 is 0.886 bits per heavy atom. The molecule has 1 aliphatic heterocycles. The summed E-state index contributed by atoms with van der Waals surface area (Å²) in [6, 6.07) is 0. The maximum atomic E-state index is 14.3. The molecule has 4 aliphatic rings. The first-order valence-electron chi connectivity index (χ1n) is 15.8. The quantitative estimate of drug-likeness (QED) is 0.125. The molecule has 0 N–H and O–H groups in total. The van der Waals surface area contributed by atoms with Crippen molar-refractivity contribution in [2.45, 2.75) is 114 Å². The first-order valence-corrected chi connectivity index (χ1v) is 23.5. The minimum absolute atomic E-state index is 0.00121. The zero-order valence-electron chi connectivity index (χ0n) is 28.9. The van der Waals surface area contributed by atoms with Crippen LogP contribution in [0.1, 0.15) is 34.1 Å². The van der Waals surface area contributed by atoms with Crippen molar-refractivity contribution in [1.29, 1.82) is 0 Å². The molecule has 44 heavy (non-hydrogen) atoms. The fourth-order valence-corrected chi connectivity index (χ4v) is 12.8. The van der Waals surface area contributed by atoms with Crippen LogP contribution in [0.2, 0.25) is 39.3 Å². The predicted octanol–water partition coefficient (Wildman–Crippen LogP) is 5.00. The number of fused-ring (bicyclic) bond motifs is 2. The van der Waals surface area contributed by atoms with Crippen LogP contribution in [0.25, 0.3) is 0 Å². The number of methoxy groups -OCH3 is 3. The van der Waals surface area contributed by atoms with Crippen LogP contribution < -0.4 is 0 Å². The van der Waals surface area contributed by atoms with E-state index < -0.39 is 86.2 Å². The second-order valence-corrected chi connectivity index (χ2v) is 25.5. The van der Waals surface area contributed by atoms with Crippen molar-refractivity contribution < 1.29 is 46.9 Å². The molecule has 0 aromatic heterocycles. The molecule has 4 rings (SSSR count). The van der Waals surface area contributed by atoms with Gasteiger partial charge < -0.3 is 37.3 Å². The molecule has 3 aliphatic carbocycles. The molecule has 0 bridgehead atoms. The lowest BCUT2D eigenvalue weighted by molar-refractivity contribution is -0.370. The van der Waals surface area contributed by atoms with Crippen molar-refractivity contribution in [1.82, 2.24) is 0 Å². The molecule has 1 saturated heterocycles. The van der Waals surface area contributed by atoms with Gasteiger partial charge in [0.15, 0.2) is 28.5 Å². The van der Waals surface area contributed by atoms with Crippen LogP contribution in [0.3, 0.4) is 0 Å². The molecule has 0 spiro atoms. The lowest BCUT2D eigenvalue weighted by Gasteiger charge is -2.75. The normalized spacial score (nSPS) is 45.9. The van der Waals surface area contributed by atoms with Crippen LogP contribution in [0.4, 0.5) is 0 Å². The van der Waals surface area contributed by atoms with Crippen LogP contribution in [0.15, 0.2) is 0 Å². The Morgan fingerprint density at radius 3 is 1.95 bits per heavy atom. The molecule has 3 saturated carbocycles. The van der Waals surface area contributed by atoms with E-state index in [1.807, 2.05) is 0 Å². The van der Waals surface area contributed by atoms with Crippen LogP contribution >= 0.6 is 15.9 Å². The zero-order valence-corrected chi connectivity index (χ0v) is 32.4. The lowest BCUT2D eigenvalue weighted by Crippen LogP contribution is -2.86. The summed E-state index contributed by atoms with van der Waals surface area (Å²) >= 11 is 3.71. The average Bonchev–Trinajstić information content (AvgIpc) is 2.90. The Labute approximate surface area is 274 Å². The minimum atomic E-state index is -2.42. The first kappa shape index (κ1) is 36.6. The molecule has 0 unspecified atom stereocenters. The van der Waals surface area contributed by atoms with Crippen LogP contribution in [0, 0.1) is 34.5 Å². The Bertz CT molecular complexity index is 1080. The molecular formula is C31H55BrO10Si2. The Morgan fingerprint density at radius 2 is 1.45 bits per heavy atom. The molecule has 10 nitrogen and oxygen atoms in total. The highest BCUT2D eigenvalue weighted by atomic mass is 79.9. The summed E-state index contributed by atoms with van der Waals surface area (Å²) in [5.74, 6) is -1.35. The van der Waals surface area contributed by atoms with Gasteiger partial charge in [0.1, 0.15) is 31.4 Å². The monoisotopic (exact) mass is 722 g/mol. The highest BCUT2D eigenvalue weighted by molar-refractivity contribution is 9.10. The molecule has 0 aromatic carbocycles. The van der Waals surface area contributed by atoms with E-state index in [4.69, 9.17) is 37.3 Å². The van der Waals surface area contributed by atoms with Gasteiger partial charge in [0.25, 0.3) is 0 Å². The number of rotatable bonds is 11. The van der Waals surface area contributed by atoms with Gasteiger partial charge in [-0.15, -0.1) is 0 Å². The fourth-order valence-electron chi connectivity index (χ4n) is 9.67. The van der Waals surface area contributed by atoms with Gasteiger partial charge in [0, 0.05) is 44.0 Å². The Balaban J connectivity index is 2.13. The SMILES string of the molecule is COCO[C@H]1[C@H](OCOC)[C@H](C)[C@]2(O[Si](C)(C)C)[C@@H](O[Si](C)(C)C)C(=O)O[C@@H]3C[C@H]4[C@H](C)[C@H](Br)C(=O)[C@@H](OC)[C@]4(C)[C@@H]1[C@@]32C. The third-order valence-electron chi connectivity index (χ3n) is 10.9. The third kappa shape index (κ3) is 5.56. The Kier molecular flexibility index (Phi) is 10.5. The molecule has 13 heteroatoms. The van der Waals surface area contributed by atoms with E-state index in [0.717, 1.165) is 0 Å². The summed E-state index contributed by atoms with van der Waals surface area (Å²) in [5.41, 5.74) is -2.79. The second-order valence-electron chi connectivity index (χ2n) is 15.7. The van der Waals surface area contributed by atoms with E-state index in [9.17, 15) is 9.59 Å². The number of Topliss-reactive ketones (excluding diaryl/α,β-unsaturated/α-hetero) is 1. The van der Waals surface area contributed by atoms with Crippen LogP contribution in [-0.4, -0.2) is 104 Å². The summed E-state index contributed by atoms with van der Waals surface area (Å²) < 4.78 is 51.2. The van der Waals surface area contributed by atoms with Gasteiger partial charge in [-0.05, 0) is 57.5 Å². The number of esters is 1.